The van der Waals surface area contributed by atoms with E-state index in [1.165, 1.54) is 27.1 Å². The molecule has 21 heavy (non-hydrogen) atoms. The SMILES string of the molecule is COC(=O)c1cc(S(=O)(=O)N(C)C[C@H](C)O)c(Br)cc1Cl. The third-order valence-electron chi connectivity index (χ3n) is 2.64. The first-order valence-electron chi connectivity index (χ1n) is 5.83. The Morgan fingerprint density at radius 2 is 2.10 bits per heavy atom. The van der Waals surface area contributed by atoms with Gasteiger partial charge in [0.05, 0.1) is 28.7 Å². The number of carbonyl (C=O) groups excluding carboxylic acids is 1. The minimum absolute atomic E-state index is 0.0496. The fourth-order valence-electron chi connectivity index (χ4n) is 1.63. The number of nitrogens with zero attached hydrogens (tertiary/aromatic N) is 1. The maximum Gasteiger partial charge on any atom is 0.339 e. The summed E-state index contributed by atoms with van der Waals surface area (Å²) in [4.78, 5) is 11.5. The van der Waals surface area contributed by atoms with E-state index in [-0.39, 0.29) is 26.5 Å². The Kier molecular flexibility index (Phi) is 6.18. The fourth-order valence-corrected chi connectivity index (χ4v) is 4.28. The van der Waals surface area contributed by atoms with Gasteiger partial charge in [0, 0.05) is 18.1 Å². The van der Waals surface area contributed by atoms with Crippen LogP contribution >= 0.6 is 27.5 Å². The zero-order valence-electron chi connectivity index (χ0n) is 11.6. The summed E-state index contributed by atoms with van der Waals surface area (Å²) in [5.41, 5.74) is -0.0496. The van der Waals surface area contributed by atoms with Crippen LogP contribution in [0.5, 0.6) is 0 Å². The van der Waals surface area contributed by atoms with Crippen LogP contribution in [0.1, 0.15) is 17.3 Å². The second kappa shape index (κ2) is 7.06. The van der Waals surface area contributed by atoms with E-state index in [9.17, 15) is 18.3 Å². The molecule has 0 unspecified atom stereocenters. The third-order valence-corrected chi connectivity index (χ3v) is 5.73. The lowest BCUT2D eigenvalue weighted by Gasteiger charge is -2.20. The van der Waals surface area contributed by atoms with Gasteiger partial charge in [-0.3, -0.25) is 0 Å². The molecule has 0 bridgehead atoms. The number of hydrogen-bond acceptors (Lipinski definition) is 5. The number of halogens is 2. The molecule has 0 radical (unpaired) electrons. The van der Waals surface area contributed by atoms with Crippen molar-refractivity contribution >= 4 is 43.5 Å². The van der Waals surface area contributed by atoms with Crippen LogP contribution in [-0.2, 0) is 14.8 Å². The number of esters is 1. The lowest BCUT2D eigenvalue weighted by molar-refractivity contribution is 0.0600. The van der Waals surface area contributed by atoms with Gasteiger partial charge in [-0.05, 0) is 35.0 Å². The summed E-state index contributed by atoms with van der Waals surface area (Å²) in [7, 11) is -1.38. The van der Waals surface area contributed by atoms with E-state index in [4.69, 9.17) is 11.6 Å². The molecule has 1 atom stereocenters. The molecule has 0 fully saturated rings. The molecule has 1 rings (SSSR count). The van der Waals surface area contributed by atoms with E-state index < -0.39 is 22.1 Å². The Morgan fingerprint density at radius 3 is 2.57 bits per heavy atom. The van der Waals surface area contributed by atoms with Gasteiger partial charge in [0.2, 0.25) is 10.0 Å². The van der Waals surface area contributed by atoms with Crippen molar-refractivity contribution in [1.82, 2.24) is 4.31 Å². The Bertz CT molecular complexity index is 647. The summed E-state index contributed by atoms with van der Waals surface area (Å²) in [5.74, 6) is -0.734. The highest BCUT2D eigenvalue weighted by Gasteiger charge is 2.27. The van der Waals surface area contributed by atoms with Crippen LogP contribution < -0.4 is 0 Å². The molecule has 0 heterocycles. The number of likely N-dealkylation sites (N-methyl/N-ethyl adjacent to an activating group) is 1. The van der Waals surface area contributed by atoms with Gasteiger partial charge in [0.15, 0.2) is 0 Å². The second-order valence-corrected chi connectivity index (χ2v) is 7.66. The summed E-state index contributed by atoms with van der Waals surface area (Å²) in [5, 5.41) is 9.39. The number of aliphatic hydroxyl groups is 1. The highest BCUT2D eigenvalue weighted by atomic mass is 79.9. The Labute approximate surface area is 136 Å². The Morgan fingerprint density at radius 1 is 1.52 bits per heavy atom. The normalized spacial score (nSPS) is 13.3. The highest BCUT2D eigenvalue weighted by molar-refractivity contribution is 9.10. The smallest absolute Gasteiger partial charge is 0.339 e. The number of carbonyl (C=O) groups is 1. The van der Waals surface area contributed by atoms with Gasteiger partial charge in [-0.1, -0.05) is 11.6 Å². The minimum atomic E-state index is -3.89. The van der Waals surface area contributed by atoms with E-state index >= 15 is 0 Å². The predicted molar refractivity (Wildman–Crippen MR) is 82.0 cm³/mol. The van der Waals surface area contributed by atoms with E-state index in [0.717, 1.165) is 10.4 Å². The average Bonchev–Trinajstić information content (AvgIpc) is 2.36. The van der Waals surface area contributed by atoms with Crippen molar-refractivity contribution < 1.29 is 23.1 Å². The van der Waals surface area contributed by atoms with Crippen LogP contribution in [0.25, 0.3) is 0 Å². The monoisotopic (exact) mass is 399 g/mol. The number of ether oxygens (including phenoxy) is 1. The van der Waals surface area contributed by atoms with Crippen LogP contribution in [0, 0.1) is 0 Å². The van der Waals surface area contributed by atoms with Gasteiger partial charge in [0.25, 0.3) is 0 Å². The summed E-state index contributed by atoms with van der Waals surface area (Å²) < 4.78 is 30.7. The van der Waals surface area contributed by atoms with Gasteiger partial charge in [-0.15, -0.1) is 0 Å². The van der Waals surface area contributed by atoms with Crippen molar-refractivity contribution in [2.75, 3.05) is 20.7 Å². The lowest BCUT2D eigenvalue weighted by atomic mass is 10.2. The molecule has 6 nitrogen and oxygen atoms in total. The minimum Gasteiger partial charge on any atom is -0.465 e. The molecule has 0 aliphatic rings. The van der Waals surface area contributed by atoms with Crippen LogP contribution in [0.2, 0.25) is 5.02 Å². The van der Waals surface area contributed by atoms with Crippen molar-refractivity contribution in [3.63, 3.8) is 0 Å². The van der Waals surface area contributed by atoms with Gasteiger partial charge >= 0.3 is 5.97 Å². The molecule has 0 aliphatic heterocycles. The van der Waals surface area contributed by atoms with Crippen LogP contribution in [-0.4, -0.2) is 50.6 Å². The van der Waals surface area contributed by atoms with Crippen molar-refractivity contribution in [3.8, 4) is 0 Å². The van der Waals surface area contributed by atoms with Crippen molar-refractivity contribution in [3.05, 3.63) is 27.2 Å². The molecule has 1 N–H and O–H groups in total. The van der Waals surface area contributed by atoms with E-state index in [0.29, 0.717) is 0 Å². The van der Waals surface area contributed by atoms with Crippen molar-refractivity contribution in [1.29, 1.82) is 0 Å². The molecule has 0 aromatic heterocycles. The topological polar surface area (TPSA) is 83.9 Å². The third kappa shape index (κ3) is 4.17. The number of hydrogen-bond donors (Lipinski definition) is 1. The summed E-state index contributed by atoms with van der Waals surface area (Å²) in [6.45, 7) is 1.40. The maximum absolute atomic E-state index is 12.5. The summed E-state index contributed by atoms with van der Waals surface area (Å²) in [6, 6.07) is 2.46. The number of methoxy groups -OCH3 is 1. The van der Waals surface area contributed by atoms with Gasteiger partial charge in [-0.2, -0.15) is 4.31 Å². The summed E-state index contributed by atoms with van der Waals surface area (Å²) in [6.07, 6.45) is -0.823. The van der Waals surface area contributed by atoms with Crippen LogP contribution in [0.3, 0.4) is 0 Å². The maximum atomic E-state index is 12.5. The van der Waals surface area contributed by atoms with Gasteiger partial charge in [0.1, 0.15) is 0 Å². The molecule has 0 amide bonds. The van der Waals surface area contributed by atoms with E-state index in [1.807, 2.05) is 0 Å². The zero-order chi connectivity index (χ0) is 16.4. The Hall–Kier alpha value is -0.670. The summed E-state index contributed by atoms with van der Waals surface area (Å²) >= 11 is 9.03. The first-order valence-corrected chi connectivity index (χ1v) is 8.44. The first-order chi connectivity index (χ1) is 9.61. The largest absolute Gasteiger partial charge is 0.465 e. The molecular formula is C12H15BrClNO5S. The lowest BCUT2D eigenvalue weighted by Crippen LogP contribution is -2.33. The quantitative estimate of drug-likeness (QED) is 0.763. The van der Waals surface area contributed by atoms with Crippen LogP contribution in [0.15, 0.2) is 21.5 Å². The van der Waals surface area contributed by atoms with Crippen molar-refractivity contribution in [2.24, 2.45) is 0 Å². The van der Waals surface area contributed by atoms with E-state index in [1.54, 1.807) is 0 Å². The number of aliphatic hydroxyl groups excluding tert-OH is 1. The average molecular weight is 401 g/mol. The van der Waals surface area contributed by atoms with Crippen LogP contribution in [0.4, 0.5) is 0 Å². The molecule has 1 aromatic carbocycles. The standard InChI is InChI=1S/C12H15BrClNO5S/c1-7(16)6-15(2)21(18,19)11-4-8(12(17)20-3)10(14)5-9(11)13/h4-5,7,16H,6H2,1-3H3/t7-/m0/s1. The molecule has 9 heteroatoms. The number of benzene rings is 1. The molecule has 0 aliphatic carbocycles. The zero-order valence-corrected chi connectivity index (χ0v) is 14.8. The highest BCUT2D eigenvalue weighted by Crippen LogP contribution is 2.31. The van der Waals surface area contributed by atoms with Gasteiger partial charge < -0.3 is 9.84 Å². The molecular weight excluding hydrogens is 386 g/mol. The first kappa shape index (κ1) is 18.4. The predicted octanol–water partition coefficient (Wildman–Crippen LogP) is 1.89. The number of rotatable bonds is 5. The fraction of sp³-hybridized carbons (Fsp3) is 0.417. The Balaban J connectivity index is 3.39. The molecule has 118 valence electrons. The molecule has 1 aromatic rings. The molecule has 0 saturated carbocycles. The van der Waals surface area contributed by atoms with Crippen molar-refractivity contribution in [2.45, 2.75) is 17.9 Å². The number of sulfonamides is 1. The second-order valence-electron chi connectivity index (χ2n) is 4.39. The van der Waals surface area contributed by atoms with Gasteiger partial charge in [-0.25, -0.2) is 13.2 Å². The molecule has 0 saturated heterocycles. The molecule has 0 spiro atoms. The van der Waals surface area contributed by atoms with E-state index in [2.05, 4.69) is 20.7 Å².